The lowest BCUT2D eigenvalue weighted by Gasteiger charge is -2.02. The third kappa shape index (κ3) is 2.27. The summed E-state index contributed by atoms with van der Waals surface area (Å²) in [6, 6.07) is 7.14. The van der Waals surface area contributed by atoms with Crippen molar-refractivity contribution in [1.29, 1.82) is 0 Å². The highest BCUT2D eigenvalue weighted by atomic mass is 79.9. The summed E-state index contributed by atoms with van der Waals surface area (Å²) in [7, 11) is 0. The predicted octanol–water partition coefficient (Wildman–Crippen LogP) is 5.31. The number of hydrogen-bond acceptors (Lipinski definition) is 2. The van der Waals surface area contributed by atoms with Crippen molar-refractivity contribution in [2.24, 2.45) is 0 Å². The first-order chi connectivity index (χ1) is 9.47. The van der Waals surface area contributed by atoms with E-state index in [1.807, 2.05) is 12.1 Å². The molecule has 0 amide bonds. The number of aromatic nitrogens is 2. The van der Waals surface area contributed by atoms with Crippen LogP contribution in [0.5, 0.6) is 0 Å². The number of anilines is 1. The minimum Gasteiger partial charge on any atom is -0.383 e. The Labute approximate surface area is 138 Å². The number of pyridine rings is 1. The molecule has 0 saturated heterocycles. The number of halogens is 4. The maximum Gasteiger partial charge on any atom is 0.158 e. The Bertz CT molecular complexity index is 829. The van der Waals surface area contributed by atoms with E-state index in [0.29, 0.717) is 32.2 Å². The fourth-order valence-electron chi connectivity index (χ4n) is 1.95. The summed E-state index contributed by atoms with van der Waals surface area (Å²) in [5.74, 6) is 0.461. The van der Waals surface area contributed by atoms with E-state index < -0.39 is 0 Å². The van der Waals surface area contributed by atoms with E-state index in [1.165, 1.54) is 0 Å². The largest absolute Gasteiger partial charge is 0.383 e. The van der Waals surface area contributed by atoms with Crippen molar-refractivity contribution in [3.05, 3.63) is 50.0 Å². The molecular formula is C13H7BrCl3N3. The lowest BCUT2D eigenvalue weighted by Crippen LogP contribution is -1.94. The van der Waals surface area contributed by atoms with Crippen molar-refractivity contribution in [1.82, 2.24) is 9.38 Å². The Hall–Kier alpha value is -0.940. The lowest BCUT2D eigenvalue weighted by atomic mass is 10.1. The minimum absolute atomic E-state index is 0.443. The average molecular weight is 391 g/mol. The Kier molecular flexibility index (Phi) is 3.58. The average Bonchev–Trinajstić information content (AvgIpc) is 2.71. The molecule has 2 aromatic heterocycles. The van der Waals surface area contributed by atoms with E-state index in [9.17, 15) is 0 Å². The number of hydrogen-bond donors (Lipinski definition) is 1. The van der Waals surface area contributed by atoms with Gasteiger partial charge >= 0.3 is 0 Å². The molecule has 0 atom stereocenters. The molecule has 0 saturated carbocycles. The Balaban J connectivity index is 2.29. The molecule has 2 N–H and O–H groups in total. The smallest absolute Gasteiger partial charge is 0.158 e. The summed E-state index contributed by atoms with van der Waals surface area (Å²) < 4.78 is 2.47. The van der Waals surface area contributed by atoms with Crippen LogP contribution in [0.1, 0.15) is 0 Å². The SMILES string of the molecule is Nc1c(-c2ccc(Br)c(Cl)c2)nc2c(Cl)cc(Cl)cn12. The second kappa shape index (κ2) is 5.11. The summed E-state index contributed by atoms with van der Waals surface area (Å²) in [6.45, 7) is 0. The van der Waals surface area contributed by atoms with Crippen LogP contribution in [0.15, 0.2) is 34.9 Å². The summed E-state index contributed by atoms with van der Waals surface area (Å²) in [6.07, 6.45) is 1.68. The molecule has 0 radical (unpaired) electrons. The van der Waals surface area contributed by atoms with Crippen LogP contribution in [0.4, 0.5) is 5.82 Å². The third-order valence-corrected chi connectivity index (χ3v) is 4.59. The number of nitrogens with two attached hydrogens (primary N) is 1. The van der Waals surface area contributed by atoms with Crippen LogP contribution in [0.2, 0.25) is 15.1 Å². The van der Waals surface area contributed by atoms with E-state index >= 15 is 0 Å². The number of nitrogens with zero attached hydrogens (tertiary/aromatic N) is 2. The maximum absolute atomic E-state index is 6.13. The number of imidazole rings is 1. The molecule has 20 heavy (non-hydrogen) atoms. The summed E-state index contributed by atoms with van der Waals surface area (Å²) in [4.78, 5) is 4.47. The number of rotatable bonds is 1. The van der Waals surface area contributed by atoms with Crippen LogP contribution in [0.25, 0.3) is 16.9 Å². The van der Waals surface area contributed by atoms with Gasteiger partial charge in [0.2, 0.25) is 0 Å². The molecule has 3 rings (SSSR count). The lowest BCUT2D eigenvalue weighted by molar-refractivity contribution is 1.20. The Morgan fingerprint density at radius 1 is 1.10 bits per heavy atom. The molecule has 0 aliphatic heterocycles. The highest BCUT2D eigenvalue weighted by Crippen LogP contribution is 2.34. The Morgan fingerprint density at radius 2 is 1.85 bits per heavy atom. The topological polar surface area (TPSA) is 43.3 Å². The van der Waals surface area contributed by atoms with E-state index in [4.69, 9.17) is 40.5 Å². The molecule has 1 aromatic carbocycles. The molecule has 0 fully saturated rings. The van der Waals surface area contributed by atoms with Gasteiger partial charge in [-0.2, -0.15) is 0 Å². The predicted molar refractivity (Wildman–Crippen MR) is 87.8 cm³/mol. The fourth-order valence-corrected chi connectivity index (χ4v) is 2.89. The molecule has 0 spiro atoms. The van der Waals surface area contributed by atoms with Gasteiger partial charge in [-0.05, 0) is 34.1 Å². The quantitative estimate of drug-likeness (QED) is 0.611. The Morgan fingerprint density at radius 3 is 2.55 bits per heavy atom. The van der Waals surface area contributed by atoms with Crippen LogP contribution in [-0.2, 0) is 0 Å². The normalized spacial score (nSPS) is 11.2. The van der Waals surface area contributed by atoms with E-state index in [-0.39, 0.29) is 0 Å². The molecule has 0 bridgehead atoms. The van der Waals surface area contributed by atoms with Gasteiger partial charge in [0.1, 0.15) is 11.5 Å². The summed E-state index contributed by atoms with van der Waals surface area (Å²) in [5, 5.41) is 1.52. The molecular weight excluding hydrogens is 384 g/mol. The number of benzene rings is 1. The highest BCUT2D eigenvalue weighted by molar-refractivity contribution is 9.10. The van der Waals surface area contributed by atoms with Crippen molar-refractivity contribution in [3.63, 3.8) is 0 Å². The van der Waals surface area contributed by atoms with Crippen LogP contribution < -0.4 is 5.73 Å². The molecule has 0 unspecified atom stereocenters. The minimum atomic E-state index is 0.443. The van der Waals surface area contributed by atoms with Gasteiger partial charge in [0.25, 0.3) is 0 Å². The molecule has 0 aliphatic rings. The monoisotopic (exact) mass is 389 g/mol. The number of nitrogen functional groups attached to an aromatic ring is 1. The second-order valence-corrected chi connectivity index (χ2v) is 6.28. The first-order valence-electron chi connectivity index (χ1n) is 5.55. The van der Waals surface area contributed by atoms with Gasteiger partial charge in [0.15, 0.2) is 5.65 Å². The van der Waals surface area contributed by atoms with Crippen LogP contribution in [0, 0.1) is 0 Å². The molecule has 102 valence electrons. The van der Waals surface area contributed by atoms with Gasteiger partial charge < -0.3 is 5.73 Å². The van der Waals surface area contributed by atoms with Crippen molar-refractivity contribution in [3.8, 4) is 11.3 Å². The zero-order chi connectivity index (χ0) is 14.4. The van der Waals surface area contributed by atoms with Gasteiger partial charge in [0, 0.05) is 16.2 Å². The van der Waals surface area contributed by atoms with Gasteiger partial charge in [-0.3, -0.25) is 4.40 Å². The van der Waals surface area contributed by atoms with Crippen LogP contribution in [0.3, 0.4) is 0 Å². The van der Waals surface area contributed by atoms with Gasteiger partial charge in [-0.15, -0.1) is 0 Å². The van der Waals surface area contributed by atoms with Crippen LogP contribution >= 0.6 is 50.7 Å². The highest BCUT2D eigenvalue weighted by Gasteiger charge is 2.15. The molecule has 2 heterocycles. The van der Waals surface area contributed by atoms with Gasteiger partial charge in [-0.25, -0.2) is 4.98 Å². The second-order valence-electron chi connectivity index (χ2n) is 4.17. The summed E-state index contributed by atoms with van der Waals surface area (Å²) >= 11 is 21.6. The standard InChI is InChI=1S/C13H7BrCl3N3/c14-8-2-1-6(3-9(8)16)11-12(18)20-5-7(15)4-10(17)13(20)19-11/h1-5H,18H2. The first kappa shape index (κ1) is 14.0. The van der Waals surface area contributed by atoms with E-state index in [0.717, 1.165) is 10.0 Å². The molecule has 3 nitrogen and oxygen atoms in total. The van der Waals surface area contributed by atoms with Crippen molar-refractivity contribution < 1.29 is 0 Å². The summed E-state index contributed by atoms with van der Waals surface area (Å²) in [5.41, 5.74) is 8.11. The van der Waals surface area contributed by atoms with Crippen LogP contribution in [-0.4, -0.2) is 9.38 Å². The van der Waals surface area contributed by atoms with Crippen molar-refractivity contribution in [2.45, 2.75) is 0 Å². The molecule has 3 aromatic rings. The van der Waals surface area contributed by atoms with Gasteiger partial charge in [0.05, 0.1) is 15.1 Å². The first-order valence-corrected chi connectivity index (χ1v) is 7.48. The van der Waals surface area contributed by atoms with Crippen molar-refractivity contribution >= 4 is 62.2 Å². The molecule has 7 heteroatoms. The van der Waals surface area contributed by atoms with Crippen molar-refractivity contribution in [2.75, 3.05) is 5.73 Å². The zero-order valence-electron chi connectivity index (χ0n) is 9.87. The molecule has 0 aliphatic carbocycles. The zero-order valence-corrected chi connectivity index (χ0v) is 13.7. The number of fused-ring (bicyclic) bond motifs is 1. The van der Waals surface area contributed by atoms with Gasteiger partial charge in [-0.1, -0.05) is 40.9 Å². The van der Waals surface area contributed by atoms with E-state index in [1.54, 1.807) is 22.7 Å². The maximum atomic E-state index is 6.13. The third-order valence-electron chi connectivity index (χ3n) is 2.87. The fraction of sp³-hybridized carbons (Fsp3) is 0. The van der Waals surface area contributed by atoms with E-state index in [2.05, 4.69) is 20.9 Å².